The minimum Gasteiger partial charge on any atom is -0.481 e. The zero-order valence-electron chi connectivity index (χ0n) is 18.8. The van der Waals surface area contributed by atoms with Gasteiger partial charge in [0.25, 0.3) is 0 Å². The van der Waals surface area contributed by atoms with Gasteiger partial charge in [0.2, 0.25) is 0 Å². The van der Waals surface area contributed by atoms with E-state index in [1.807, 2.05) is 54.6 Å². The summed E-state index contributed by atoms with van der Waals surface area (Å²) in [4.78, 5) is 37.5. The van der Waals surface area contributed by atoms with Gasteiger partial charge >= 0.3 is 18.0 Å². The smallest absolute Gasteiger partial charge is 0.317 e. The zero-order valence-corrected chi connectivity index (χ0v) is 18.8. The van der Waals surface area contributed by atoms with Crippen LogP contribution in [0.1, 0.15) is 48.3 Å². The van der Waals surface area contributed by atoms with Crippen LogP contribution < -0.4 is 16.0 Å². The summed E-state index contributed by atoms with van der Waals surface area (Å²) in [5.41, 5.74) is 3.06. The highest BCUT2D eigenvalue weighted by Crippen LogP contribution is 2.31. The van der Waals surface area contributed by atoms with E-state index < -0.39 is 5.97 Å². The first kappa shape index (κ1) is 24.1. The average molecular weight is 453 g/mol. The Labute approximate surface area is 194 Å². The van der Waals surface area contributed by atoms with Crippen molar-refractivity contribution >= 4 is 18.0 Å². The predicted octanol–water partition coefficient (Wildman–Crippen LogP) is 3.44. The number of aliphatic carboxylic acids is 1. The molecule has 0 saturated carbocycles. The van der Waals surface area contributed by atoms with Crippen molar-refractivity contribution in [2.45, 2.75) is 44.7 Å². The molecule has 0 saturated heterocycles. The maximum absolute atomic E-state index is 12.7. The Kier molecular flexibility index (Phi) is 9.11. The summed E-state index contributed by atoms with van der Waals surface area (Å²) in [5.74, 6) is -0.911. The third-order valence-corrected chi connectivity index (χ3v) is 5.77. The molecule has 4 amide bonds. The summed E-state index contributed by atoms with van der Waals surface area (Å²) < 4.78 is 0. The number of hydrogen-bond acceptors (Lipinski definition) is 3. The Bertz CT molecular complexity index is 935. The maximum atomic E-state index is 12.7. The first-order valence-electron chi connectivity index (χ1n) is 11.4. The molecule has 0 aromatic heterocycles. The summed E-state index contributed by atoms with van der Waals surface area (Å²) in [6.45, 7) is 2.52. The van der Waals surface area contributed by atoms with Crippen molar-refractivity contribution < 1.29 is 19.5 Å². The number of hydrogen-bond donors (Lipinski definition) is 4. The lowest BCUT2D eigenvalue weighted by Crippen LogP contribution is -2.40. The van der Waals surface area contributed by atoms with E-state index in [1.54, 1.807) is 4.90 Å². The molecule has 1 atom stereocenters. The Morgan fingerprint density at radius 3 is 2.36 bits per heavy atom. The third kappa shape index (κ3) is 7.82. The van der Waals surface area contributed by atoms with Crippen LogP contribution in [0, 0.1) is 0 Å². The van der Waals surface area contributed by atoms with Gasteiger partial charge in [-0.2, -0.15) is 0 Å². The second kappa shape index (κ2) is 12.5. The van der Waals surface area contributed by atoms with E-state index >= 15 is 0 Å². The summed E-state index contributed by atoms with van der Waals surface area (Å²) in [6, 6.07) is 17.1. The first-order chi connectivity index (χ1) is 16.0. The molecule has 0 spiro atoms. The maximum Gasteiger partial charge on any atom is 0.317 e. The van der Waals surface area contributed by atoms with E-state index in [0.29, 0.717) is 39.1 Å². The van der Waals surface area contributed by atoms with Crippen LogP contribution in [0.3, 0.4) is 0 Å². The standard InChI is InChI=1S/C25H32N4O4/c30-23(31)16-20-12-15-29(18-21-10-4-5-11-22(20)21)25(33)27-14-7-6-13-26-24(32)28-17-19-8-2-1-3-9-19/h1-5,8-11,20H,6-7,12-18H2,(H,27,33)(H,30,31)(H2,26,28,32). The van der Waals surface area contributed by atoms with Crippen molar-refractivity contribution in [1.82, 2.24) is 20.9 Å². The molecule has 1 aliphatic heterocycles. The third-order valence-electron chi connectivity index (χ3n) is 5.77. The van der Waals surface area contributed by atoms with Crippen LogP contribution in [0.2, 0.25) is 0 Å². The van der Waals surface area contributed by atoms with Gasteiger partial charge < -0.3 is 26.0 Å². The molecule has 1 unspecified atom stereocenters. The van der Waals surface area contributed by atoms with Crippen molar-refractivity contribution in [1.29, 1.82) is 0 Å². The molecule has 0 bridgehead atoms. The van der Waals surface area contributed by atoms with E-state index in [0.717, 1.165) is 29.5 Å². The Hall–Kier alpha value is -3.55. The highest BCUT2D eigenvalue weighted by molar-refractivity contribution is 5.75. The summed E-state index contributed by atoms with van der Waals surface area (Å²) in [7, 11) is 0. The number of benzene rings is 2. The second-order valence-corrected chi connectivity index (χ2v) is 8.24. The molecular formula is C25H32N4O4. The van der Waals surface area contributed by atoms with Gasteiger partial charge in [-0.15, -0.1) is 0 Å². The molecule has 1 heterocycles. The SMILES string of the molecule is O=C(O)CC1CCN(C(=O)NCCCCNC(=O)NCc2ccccc2)Cc2ccccc21. The highest BCUT2D eigenvalue weighted by Gasteiger charge is 2.26. The molecule has 4 N–H and O–H groups in total. The lowest BCUT2D eigenvalue weighted by atomic mass is 9.90. The van der Waals surface area contributed by atoms with Crippen molar-refractivity contribution in [3.8, 4) is 0 Å². The van der Waals surface area contributed by atoms with Gasteiger partial charge in [0.1, 0.15) is 0 Å². The largest absolute Gasteiger partial charge is 0.481 e. The number of carboxylic acid groups (broad SMARTS) is 1. The number of carbonyl (C=O) groups excluding carboxylic acids is 2. The van der Waals surface area contributed by atoms with Crippen LogP contribution in [0.5, 0.6) is 0 Å². The van der Waals surface area contributed by atoms with E-state index in [9.17, 15) is 19.5 Å². The lowest BCUT2D eigenvalue weighted by Gasteiger charge is -2.21. The monoisotopic (exact) mass is 452 g/mol. The fourth-order valence-corrected chi connectivity index (χ4v) is 4.02. The van der Waals surface area contributed by atoms with Gasteiger partial charge in [0, 0.05) is 32.7 Å². The molecule has 2 aromatic carbocycles. The molecule has 33 heavy (non-hydrogen) atoms. The fourth-order valence-electron chi connectivity index (χ4n) is 4.02. The molecule has 8 nitrogen and oxygen atoms in total. The number of fused-ring (bicyclic) bond motifs is 1. The minimum atomic E-state index is -0.824. The molecule has 0 fully saturated rings. The molecule has 8 heteroatoms. The average Bonchev–Trinajstić information content (AvgIpc) is 3.00. The normalized spacial score (nSPS) is 15.2. The molecule has 3 rings (SSSR count). The Morgan fingerprint density at radius 1 is 0.909 bits per heavy atom. The van der Waals surface area contributed by atoms with Crippen LogP contribution in [-0.4, -0.2) is 47.7 Å². The fraction of sp³-hybridized carbons (Fsp3) is 0.400. The van der Waals surface area contributed by atoms with Crippen molar-refractivity contribution in [3.63, 3.8) is 0 Å². The Balaban J connectivity index is 1.34. The minimum absolute atomic E-state index is 0.0679. The second-order valence-electron chi connectivity index (χ2n) is 8.24. The molecule has 1 aliphatic rings. The lowest BCUT2D eigenvalue weighted by molar-refractivity contribution is -0.137. The van der Waals surface area contributed by atoms with Gasteiger partial charge in [0.05, 0.1) is 6.42 Å². The number of unbranched alkanes of at least 4 members (excludes halogenated alkanes) is 1. The number of carboxylic acids is 1. The molecule has 0 radical (unpaired) electrons. The van der Waals surface area contributed by atoms with Crippen molar-refractivity contribution in [2.24, 2.45) is 0 Å². The highest BCUT2D eigenvalue weighted by atomic mass is 16.4. The van der Waals surface area contributed by atoms with E-state index in [-0.39, 0.29) is 24.4 Å². The molecule has 176 valence electrons. The van der Waals surface area contributed by atoms with Crippen molar-refractivity contribution in [2.75, 3.05) is 19.6 Å². The first-order valence-corrected chi connectivity index (χ1v) is 11.4. The van der Waals surface area contributed by atoms with Crippen LogP contribution in [-0.2, 0) is 17.9 Å². The number of carbonyl (C=O) groups is 3. The molecule has 0 aliphatic carbocycles. The van der Waals surface area contributed by atoms with Crippen LogP contribution in [0.4, 0.5) is 9.59 Å². The van der Waals surface area contributed by atoms with E-state index in [4.69, 9.17) is 0 Å². The number of rotatable bonds is 9. The topological polar surface area (TPSA) is 111 Å². The Morgan fingerprint density at radius 2 is 1.61 bits per heavy atom. The number of urea groups is 2. The van der Waals surface area contributed by atoms with Gasteiger partial charge in [-0.25, -0.2) is 9.59 Å². The van der Waals surface area contributed by atoms with Gasteiger partial charge in [-0.3, -0.25) is 4.79 Å². The van der Waals surface area contributed by atoms with Crippen LogP contribution in [0.25, 0.3) is 0 Å². The van der Waals surface area contributed by atoms with Crippen LogP contribution >= 0.6 is 0 Å². The molecular weight excluding hydrogens is 420 g/mol. The number of nitrogens with one attached hydrogen (secondary N) is 3. The van der Waals surface area contributed by atoms with E-state index in [2.05, 4.69) is 16.0 Å². The zero-order chi connectivity index (χ0) is 23.5. The number of nitrogens with zero attached hydrogens (tertiary/aromatic N) is 1. The van der Waals surface area contributed by atoms with Crippen molar-refractivity contribution in [3.05, 3.63) is 71.3 Å². The predicted molar refractivity (Wildman–Crippen MR) is 126 cm³/mol. The summed E-state index contributed by atoms with van der Waals surface area (Å²) in [6.07, 6.45) is 2.19. The quantitative estimate of drug-likeness (QED) is 0.437. The van der Waals surface area contributed by atoms with Gasteiger partial charge in [-0.1, -0.05) is 54.6 Å². The van der Waals surface area contributed by atoms with Gasteiger partial charge in [0.15, 0.2) is 0 Å². The summed E-state index contributed by atoms with van der Waals surface area (Å²) >= 11 is 0. The van der Waals surface area contributed by atoms with Crippen LogP contribution in [0.15, 0.2) is 54.6 Å². The van der Waals surface area contributed by atoms with E-state index in [1.165, 1.54) is 0 Å². The number of amides is 4. The van der Waals surface area contributed by atoms with Gasteiger partial charge in [-0.05, 0) is 41.9 Å². The molecule has 2 aromatic rings. The summed E-state index contributed by atoms with van der Waals surface area (Å²) in [5, 5.41) is 17.8.